The summed E-state index contributed by atoms with van der Waals surface area (Å²) in [4.78, 5) is 7.65. The van der Waals surface area contributed by atoms with Crippen molar-refractivity contribution >= 4 is 8.25 Å². The highest BCUT2D eigenvalue weighted by atomic mass is 31.1. The van der Waals surface area contributed by atoms with Crippen molar-refractivity contribution in [3.8, 4) is 0 Å². The monoisotopic (exact) mass is 806 g/mol. The number of hydrogen-bond acceptors (Lipinski definition) is 2. The molecule has 0 aliphatic heterocycles. The van der Waals surface area contributed by atoms with Crippen LogP contribution in [0.1, 0.15) is 326 Å². The largest absolute Gasteiger partial charge is 0.694 e. The number of unbranched alkanes of at least 4 members (excludes halogenated alkanes) is 35. The Morgan fingerprint density at radius 2 is 0.327 bits per heavy atom. The molecule has 0 rings (SSSR count). The van der Waals surface area contributed by atoms with Crippen molar-refractivity contribution in [1.29, 1.82) is 0 Å². The zero-order valence-corrected chi connectivity index (χ0v) is 41.9. The predicted octanol–water partition coefficient (Wildman–Crippen LogP) is 21.0. The fourth-order valence-corrected chi connectivity index (χ4v) is 6.04. The molecule has 0 aliphatic carbocycles. The molecule has 3 nitrogen and oxygen atoms in total. The zero-order valence-electron chi connectivity index (χ0n) is 41.0. The zero-order chi connectivity index (χ0) is 42.6. The van der Waals surface area contributed by atoms with Crippen LogP contribution in [0.5, 0.6) is 0 Å². The molecule has 0 saturated carbocycles. The molecule has 1 unspecified atom stereocenters. The average molecular weight is 806 g/mol. The lowest BCUT2D eigenvalue weighted by Gasteiger charge is -1.97. The highest BCUT2D eigenvalue weighted by Gasteiger charge is 2.02. The molecule has 0 bridgehead atoms. The van der Waals surface area contributed by atoms with E-state index in [1.807, 2.05) is 0 Å². The molecule has 55 heavy (non-hydrogen) atoms. The minimum Gasteiger partial charge on any atom is -0.133 e. The Morgan fingerprint density at radius 1 is 0.255 bits per heavy atom. The van der Waals surface area contributed by atoms with E-state index in [0.717, 1.165) is 0 Å². The van der Waals surface area contributed by atoms with Crippen molar-refractivity contribution < 1.29 is 14.0 Å². The van der Waals surface area contributed by atoms with Gasteiger partial charge in [0, 0.05) is 4.57 Å². The molecule has 0 saturated heterocycles. The first-order chi connectivity index (χ1) is 26.8. The van der Waals surface area contributed by atoms with E-state index in [1.54, 1.807) is 0 Å². The van der Waals surface area contributed by atoms with Crippen LogP contribution in [0.3, 0.4) is 0 Å². The molecular formula is C51H114O3P+. The van der Waals surface area contributed by atoms with Crippen LogP contribution in [0.4, 0.5) is 0 Å². The van der Waals surface area contributed by atoms with E-state index in [0.29, 0.717) is 0 Å². The van der Waals surface area contributed by atoms with Gasteiger partial charge in [0.1, 0.15) is 0 Å². The summed E-state index contributed by atoms with van der Waals surface area (Å²) in [5.41, 5.74) is 0. The second-order valence-electron chi connectivity index (χ2n) is 16.0. The van der Waals surface area contributed by atoms with Gasteiger partial charge in [-0.3, -0.25) is 0 Å². The summed E-state index contributed by atoms with van der Waals surface area (Å²) in [6, 6.07) is 0. The Kier molecular flexibility index (Phi) is 95.2. The first-order valence-electron chi connectivity index (χ1n) is 25.5. The van der Waals surface area contributed by atoms with E-state index in [1.165, 1.54) is 264 Å². The van der Waals surface area contributed by atoms with E-state index >= 15 is 0 Å². The molecule has 0 heterocycles. The first kappa shape index (κ1) is 66.8. The van der Waals surface area contributed by atoms with Gasteiger partial charge in [0.25, 0.3) is 0 Å². The Balaban J connectivity index is -0.000000132. The fourth-order valence-electron chi connectivity index (χ4n) is 6.04. The van der Waals surface area contributed by atoms with Crippen LogP contribution in [-0.2, 0) is 9.09 Å². The lowest BCUT2D eigenvalue weighted by molar-refractivity contribution is 0.343. The third kappa shape index (κ3) is 107. The molecule has 1 atom stereocenters. The van der Waals surface area contributed by atoms with E-state index in [-0.39, 0.29) is 0 Å². The second-order valence-corrected chi connectivity index (χ2v) is 16.9. The van der Waals surface area contributed by atoms with E-state index < -0.39 is 8.25 Å². The Bertz CT molecular complexity index is 409. The van der Waals surface area contributed by atoms with Gasteiger partial charge in [-0.2, -0.15) is 0 Å². The van der Waals surface area contributed by atoms with Crippen LogP contribution in [-0.4, -0.2) is 12.0 Å². The normalized spacial score (nSPS) is 10.3. The molecular weight excluding hydrogens is 692 g/mol. The lowest BCUT2D eigenvalue weighted by Crippen LogP contribution is -1.77. The number of hydrogen-bond donors (Lipinski definition) is 1. The summed E-state index contributed by atoms with van der Waals surface area (Å²) in [6.45, 7) is 22.7. The van der Waals surface area contributed by atoms with Crippen molar-refractivity contribution in [2.24, 2.45) is 0 Å². The molecule has 0 aromatic rings. The van der Waals surface area contributed by atoms with Crippen LogP contribution >= 0.6 is 8.25 Å². The maximum Gasteiger partial charge on any atom is 0.694 e. The van der Waals surface area contributed by atoms with Crippen molar-refractivity contribution in [2.45, 2.75) is 326 Å². The maximum atomic E-state index is 9.29. The van der Waals surface area contributed by atoms with E-state index in [2.05, 4.69) is 73.8 Å². The third-order valence-electron chi connectivity index (χ3n) is 9.94. The average Bonchev–Trinajstić information content (AvgIpc) is 3.20. The molecule has 0 spiro atoms. The quantitative estimate of drug-likeness (QED) is 0.0507. The topological polar surface area (TPSA) is 46.5 Å². The van der Waals surface area contributed by atoms with E-state index in [9.17, 15) is 4.57 Å². The molecule has 0 aromatic carbocycles. The minimum absolute atomic E-state index is 1.17. The van der Waals surface area contributed by atoms with Crippen LogP contribution in [0.2, 0.25) is 0 Å². The van der Waals surface area contributed by atoms with Gasteiger partial charge in [0.15, 0.2) is 0 Å². The van der Waals surface area contributed by atoms with Crippen LogP contribution in [0.25, 0.3) is 0 Å². The molecule has 4 heteroatoms. The van der Waals surface area contributed by atoms with Crippen LogP contribution in [0, 0.1) is 0 Å². The van der Waals surface area contributed by atoms with Gasteiger partial charge >= 0.3 is 8.25 Å². The van der Waals surface area contributed by atoms with Crippen molar-refractivity contribution in [2.75, 3.05) is 7.11 Å². The van der Waals surface area contributed by atoms with Gasteiger partial charge in [-0.05, 0) is 0 Å². The first-order valence-corrected chi connectivity index (χ1v) is 26.7. The van der Waals surface area contributed by atoms with Crippen molar-refractivity contribution in [3.05, 3.63) is 0 Å². The molecule has 0 radical (unpaired) electrons. The Hall–Kier alpha value is 0.0200. The fraction of sp³-hybridized carbons (Fsp3) is 1.00. The molecule has 0 aliphatic rings. The molecule has 0 amide bonds. The van der Waals surface area contributed by atoms with Gasteiger partial charge < -0.3 is 0 Å². The highest BCUT2D eigenvalue weighted by molar-refractivity contribution is 7.32. The second kappa shape index (κ2) is 78.4. The molecule has 340 valence electrons. The Labute approximate surface area is 354 Å². The van der Waals surface area contributed by atoms with Crippen molar-refractivity contribution in [1.82, 2.24) is 0 Å². The standard InChI is InChI=1S/5C10H22.CH3O3P/c5*1-3-5-7-9-10-8-6-4-2;1-4-5(2)3/h5*3-10H2,1-2H3;1H3/p+1. The molecule has 1 N–H and O–H groups in total. The van der Waals surface area contributed by atoms with Crippen LogP contribution < -0.4 is 0 Å². The minimum atomic E-state index is -2.35. The molecule has 0 aromatic heterocycles. The summed E-state index contributed by atoms with van der Waals surface area (Å²) in [7, 11) is -1.18. The Morgan fingerprint density at radius 3 is 0.382 bits per heavy atom. The summed E-state index contributed by atoms with van der Waals surface area (Å²) in [5.74, 6) is 0. The van der Waals surface area contributed by atoms with Crippen LogP contribution in [0.15, 0.2) is 0 Å². The van der Waals surface area contributed by atoms with Crippen molar-refractivity contribution in [3.63, 3.8) is 0 Å². The highest BCUT2D eigenvalue weighted by Crippen LogP contribution is 2.11. The van der Waals surface area contributed by atoms with Gasteiger partial charge in [0.05, 0.1) is 7.11 Å². The van der Waals surface area contributed by atoms with Gasteiger partial charge in [-0.1, -0.05) is 326 Å². The van der Waals surface area contributed by atoms with Gasteiger partial charge in [0.2, 0.25) is 0 Å². The maximum absolute atomic E-state index is 9.29. The SMILES string of the molecule is CCCCCCCCCC.CCCCCCCCCC.CCCCCCCCCC.CCCCCCCCCC.CCCCCCCCCC.CO[P+](=O)O. The van der Waals surface area contributed by atoms with Gasteiger partial charge in [-0.15, -0.1) is 9.42 Å². The number of rotatable bonds is 36. The smallest absolute Gasteiger partial charge is 0.133 e. The lowest BCUT2D eigenvalue weighted by atomic mass is 10.1. The summed E-state index contributed by atoms with van der Waals surface area (Å²) in [6.07, 6.45) is 57.3. The summed E-state index contributed by atoms with van der Waals surface area (Å²) in [5, 5.41) is 0. The van der Waals surface area contributed by atoms with Gasteiger partial charge in [-0.25, -0.2) is 0 Å². The predicted molar refractivity (Wildman–Crippen MR) is 258 cm³/mol. The summed E-state index contributed by atoms with van der Waals surface area (Å²) >= 11 is 0. The van der Waals surface area contributed by atoms with E-state index in [4.69, 9.17) is 4.89 Å². The molecule has 0 fully saturated rings. The summed E-state index contributed by atoms with van der Waals surface area (Å²) < 4.78 is 13.1. The third-order valence-corrected chi connectivity index (χ3v) is 10.3.